The van der Waals surface area contributed by atoms with Gasteiger partial charge in [0.15, 0.2) is 0 Å². The van der Waals surface area contributed by atoms with Gasteiger partial charge in [-0.3, -0.25) is 9.78 Å². The van der Waals surface area contributed by atoms with Crippen molar-refractivity contribution < 1.29 is 9.53 Å². The van der Waals surface area contributed by atoms with Crippen LogP contribution < -0.4 is 10.2 Å². The van der Waals surface area contributed by atoms with Crippen LogP contribution in [0.5, 0.6) is 0 Å². The molecule has 8 nitrogen and oxygen atoms in total. The summed E-state index contributed by atoms with van der Waals surface area (Å²) in [5.41, 5.74) is 3.63. The van der Waals surface area contributed by atoms with Gasteiger partial charge in [0.1, 0.15) is 5.82 Å². The van der Waals surface area contributed by atoms with E-state index in [1.807, 2.05) is 48.5 Å². The number of nitrogens with zero attached hydrogens (tertiary/aromatic N) is 5. The van der Waals surface area contributed by atoms with Crippen molar-refractivity contribution in [2.45, 2.75) is 37.5 Å². The van der Waals surface area contributed by atoms with E-state index in [0.29, 0.717) is 17.0 Å². The third-order valence-corrected chi connectivity index (χ3v) is 7.06. The van der Waals surface area contributed by atoms with Crippen LogP contribution in [0.1, 0.15) is 29.9 Å². The van der Waals surface area contributed by atoms with E-state index < -0.39 is 0 Å². The van der Waals surface area contributed by atoms with Crippen molar-refractivity contribution >= 4 is 34.4 Å². The number of benzene rings is 1. The quantitative estimate of drug-likeness (QED) is 0.342. The molecule has 4 heterocycles. The lowest BCUT2D eigenvalue weighted by Gasteiger charge is -2.36. The van der Waals surface area contributed by atoms with Crippen molar-refractivity contribution in [3.8, 4) is 17.5 Å². The fourth-order valence-electron chi connectivity index (χ4n) is 4.52. The molecule has 2 unspecified atom stereocenters. The van der Waals surface area contributed by atoms with Crippen molar-refractivity contribution in [2.24, 2.45) is 0 Å². The molecule has 9 heteroatoms. The first kappa shape index (κ1) is 25.6. The molecular formula is C29H28N6O2S. The highest BCUT2D eigenvalue weighted by Gasteiger charge is 2.23. The SMILES string of the molecule is CC1CN(c2cccc(-c3ccc4cnc(CNC(=O)c5cccc(SCC#N)c5)cc4n3)n2)CC(C)O1. The molecule has 1 saturated heterocycles. The van der Waals surface area contributed by atoms with Crippen LogP contribution in [0, 0.1) is 11.3 Å². The zero-order chi connectivity index (χ0) is 26.5. The number of carbonyl (C=O) groups is 1. The van der Waals surface area contributed by atoms with Crippen LogP contribution >= 0.6 is 11.8 Å². The van der Waals surface area contributed by atoms with Crippen LogP contribution in [0.25, 0.3) is 22.3 Å². The monoisotopic (exact) mass is 524 g/mol. The maximum absolute atomic E-state index is 12.7. The third kappa shape index (κ3) is 6.10. The molecule has 1 amide bonds. The summed E-state index contributed by atoms with van der Waals surface area (Å²) in [6.07, 6.45) is 2.08. The van der Waals surface area contributed by atoms with Gasteiger partial charge in [0.2, 0.25) is 0 Å². The first-order valence-corrected chi connectivity index (χ1v) is 13.5. The van der Waals surface area contributed by atoms with Gasteiger partial charge in [-0.15, -0.1) is 11.8 Å². The van der Waals surface area contributed by atoms with Crippen LogP contribution in [0.4, 0.5) is 5.82 Å². The second kappa shape index (κ2) is 11.6. The van der Waals surface area contributed by atoms with E-state index in [2.05, 4.69) is 35.1 Å². The molecule has 0 radical (unpaired) electrons. The Morgan fingerprint density at radius 3 is 2.68 bits per heavy atom. The minimum absolute atomic E-state index is 0.154. The van der Waals surface area contributed by atoms with Gasteiger partial charge >= 0.3 is 0 Å². The summed E-state index contributed by atoms with van der Waals surface area (Å²) in [5, 5.41) is 12.6. The lowest BCUT2D eigenvalue weighted by atomic mass is 10.1. The highest BCUT2D eigenvalue weighted by molar-refractivity contribution is 7.99. The molecule has 1 aliphatic heterocycles. The number of amides is 1. The van der Waals surface area contributed by atoms with Crippen LogP contribution in [0.3, 0.4) is 0 Å². The Kier molecular flexibility index (Phi) is 7.82. The lowest BCUT2D eigenvalue weighted by molar-refractivity contribution is -0.00545. The summed E-state index contributed by atoms with van der Waals surface area (Å²) in [5.74, 6) is 1.06. The van der Waals surface area contributed by atoms with Gasteiger partial charge in [0, 0.05) is 35.1 Å². The number of hydrogen-bond acceptors (Lipinski definition) is 8. The van der Waals surface area contributed by atoms with Gasteiger partial charge in [-0.05, 0) is 62.4 Å². The average molecular weight is 525 g/mol. The Balaban J connectivity index is 1.31. The first-order chi connectivity index (χ1) is 18.5. The summed E-state index contributed by atoms with van der Waals surface area (Å²) in [6.45, 7) is 6.04. The molecule has 1 N–H and O–H groups in total. The summed E-state index contributed by atoms with van der Waals surface area (Å²) in [4.78, 5) is 30.1. The number of anilines is 1. The van der Waals surface area contributed by atoms with Crippen molar-refractivity contribution in [3.05, 3.63) is 78.1 Å². The maximum atomic E-state index is 12.7. The summed E-state index contributed by atoms with van der Waals surface area (Å²) in [6, 6.07) is 21.2. The van der Waals surface area contributed by atoms with Crippen LogP contribution in [-0.4, -0.2) is 51.9 Å². The largest absolute Gasteiger partial charge is 0.372 e. The number of ether oxygens (including phenoxy) is 1. The number of thioether (sulfide) groups is 1. The second-order valence-corrected chi connectivity index (χ2v) is 10.3. The molecule has 2 atom stereocenters. The van der Waals surface area contributed by atoms with E-state index in [4.69, 9.17) is 20.0 Å². The number of aromatic nitrogens is 3. The molecule has 0 aliphatic carbocycles. The standard InChI is InChI=1S/C29H28N6O2S/c1-19-17-35(18-20(2)37-19)28-8-4-7-25(34-28)26-10-9-22-15-31-23(14-27(22)33-26)16-32-29(36)21-5-3-6-24(13-21)38-12-11-30/h3-10,13-15,19-20H,12,16-18H2,1-2H3,(H,32,36). The van der Waals surface area contributed by atoms with Crippen LogP contribution in [0.15, 0.2) is 71.8 Å². The topological polar surface area (TPSA) is 104 Å². The van der Waals surface area contributed by atoms with Gasteiger partial charge in [-0.25, -0.2) is 9.97 Å². The third-order valence-electron chi connectivity index (χ3n) is 6.20. The minimum atomic E-state index is -0.194. The number of rotatable bonds is 7. The van der Waals surface area contributed by atoms with E-state index in [1.165, 1.54) is 11.8 Å². The van der Waals surface area contributed by atoms with Crippen LogP contribution in [0.2, 0.25) is 0 Å². The summed E-state index contributed by atoms with van der Waals surface area (Å²) in [7, 11) is 0. The zero-order valence-corrected chi connectivity index (χ0v) is 22.1. The Labute approximate surface area is 226 Å². The van der Waals surface area contributed by atoms with E-state index in [9.17, 15) is 4.79 Å². The van der Waals surface area contributed by atoms with Gasteiger partial charge in [-0.1, -0.05) is 12.1 Å². The van der Waals surface area contributed by atoms with Gasteiger partial charge in [0.05, 0.1) is 53.2 Å². The molecule has 192 valence electrons. The maximum Gasteiger partial charge on any atom is 0.251 e. The normalized spacial score (nSPS) is 17.2. The summed E-state index contributed by atoms with van der Waals surface area (Å²) >= 11 is 1.40. The fourth-order valence-corrected chi connectivity index (χ4v) is 5.14. The number of morpholine rings is 1. The van der Waals surface area contributed by atoms with Crippen molar-refractivity contribution in [3.63, 3.8) is 0 Å². The number of nitrogens with one attached hydrogen (secondary N) is 1. The van der Waals surface area contributed by atoms with E-state index >= 15 is 0 Å². The highest BCUT2D eigenvalue weighted by atomic mass is 32.2. The lowest BCUT2D eigenvalue weighted by Crippen LogP contribution is -2.45. The fraction of sp³-hybridized carbons (Fsp3) is 0.276. The van der Waals surface area contributed by atoms with E-state index in [1.54, 1.807) is 18.3 Å². The van der Waals surface area contributed by atoms with Gasteiger partial charge in [0.25, 0.3) is 5.91 Å². The molecule has 1 aromatic carbocycles. The number of pyridine rings is 3. The van der Waals surface area contributed by atoms with Crippen LogP contribution in [-0.2, 0) is 11.3 Å². The predicted molar refractivity (Wildman–Crippen MR) is 149 cm³/mol. The molecular weight excluding hydrogens is 496 g/mol. The zero-order valence-electron chi connectivity index (χ0n) is 21.3. The molecule has 1 fully saturated rings. The Bertz CT molecular complexity index is 1490. The number of fused-ring (bicyclic) bond motifs is 1. The van der Waals surface area contributed by atoms with E-state index in [-0.39, 0.29) is 24.7 Å². The van der Waals surface area contributed by atoms with Crippen molar-refractivity contribution in [1.29, 1.82) is 5.26 Å². The predicted octanol–water partition coefficient (Wildman–Crippen LogP) is 4.85. The van der Waals surface area contributed by atoms with Gasteiger partial charge < -0.3 is 15.0 Å². The molecule has 0 saturated carbocycles. The second-order valence-electron chi connectivity index (χ2n) is 9.27. The van der Waals surface area contributed by atoms with Crippen molar-refractivity contribution in [1.82, 2.24) is 20.3 Å². The Hall–Kier alpha value is -4.00. The Morgan fingerprint density at radius 2 is 1.87 bits per heavy atom. The smallest absolute Gasteiger partial charge is 0.251 e. The van der Waals surface area contributed by atoms with Gasteiger partial charge in [-0.2, -0.15) is 5.26 Å². The molecule has 38 heavy (non-hydrogen) atoms. The summed E-state index contributed by atoms with van der Waals surface area (Å²) < 4.78 is 5.87. The molecule has 0 spiro atoms. The molecule has 4 aromatic rings. The first-order valence-electron chi connectivity index (χ1n) is 12.5. The Morgan fingerprint density at radius 1 is 1.08 bits per heavy atom. The molecule has 3 aromatic heterocycles. The number of carbonyl (C=O) groups excluding carboxylic acids is 1. The molecule has 5 rings (SSSR count). The number of nitriles is 1. The molecule has 0 bridgehead atoms. The minimum Gasteiger partial charge on any atom is -0.372 e. The molecule has 1 aliphatic rings. The van der Waals surface area contributed by atoms with Crippen molar-refractivity contribution in [2.75, 3.05) is 23.7 Å². The average Bonchev–Trinajstić information content (AvgIpc) is 2.94. The number of hydrogen-bond donors (Lipinski definition) is 1. The van der Waals surface area contributed by atoms with E-state index in [0.717, 1.165) is 46.1 Å². The highest BCUT2D eigenvalue weighted by Crippen LogP contribution is 2.24.